The number of aromatic nitrogens is 4. The summed E-state index contributed by atoms with van der Waals surface area (Å²) in [4.78, 5) is 22.7. The molecule has 0 saturated carbocycles. The Labute approximate surface area is 132 Å². The van der Waals surface area contributed by atoms with Crippen LogP contribution in [-0.4, -0.2) is 46.3 Å². The van der Waals surface area contributed by atoms with Gasteiger partial charge >= 0.3 is 5.97 Å². The van der Waals surface area contributed by atoms with Gasteiger partial charge in [-0.05, 0) is 18.9 Å². The van der Waals surface area contributed by atoms with Gasteiger partial charge in [0.15, 0.2) is 5.65 Å². The standard InChI is InChI=1S/C16H17N5O2/c1-23-16(22)10-3-2-6-21(9-10)13-8-19-20-12-7-18-15-11(14(12)13)4-5-17-15/h4-5,7-8,10,20H,2-3,6,9H2,1H3. The van der Waals surface area contributed by atoms with E-state index < -0.39 is 0 Å². The Hall–Kier alpha value is -2.70. The van der Waals surface area contributed by atoms with Crippen LogP contribution in [0.5, 0.6) is 0 Å². The van der Waals surface area contributed by atoms with Crippen molar-refractivity contribution in [2.75, 3.05) is 25.1 Å². The van der Waals surface area contributed by atoms with Gasteiger partial charge in [-0.1, -0.05) is 0 Å². The van der Waals surface area contributed by atoms with E-state index in [0.29, 0.717) is 6.54 Å². The third kappa shape index (κ3) is 2.28. The molecule has 3 aromatic rings. The zero-order valence-corrected chi connectivity index (χ0v) is 12.8. The maximum absolute atomic E-state index is 11.9. The maximum atomic E-state index is 11.9. The molecule has 1 fully saturated rings. The highest BCUT2D eigenvalue weighted by molar-refractivity contribution is 6.09. The average Bonchev–Trinajstić information content (AvgIpc) is 3.09. The number of fused-ring (bicyclic) bond motifs is 3. The third-order valence-electron chi connectivity index (χ3n) is 4.46. The molecule has 1 unspecified atom stereocenters. The predicted molar refractivity (Wildman–Crippen MR) is 86.1 cm³/mol. The molecule has 1 atom stereocenters. The molecule has 0 radical (unpaired) electrons. The van der Waals surface area contributed by atoms with Crippen LogP contribution in [-0.2, 0) is 9.53 Å². The van der Waals surface area contributed by atoms with Crippen LogP contribution in [0, 0.1) is 5.92 Å². The van der Waals surface area contributed by atoms with Crippen molar-refractivity contribution in [2.24, 2.45) is 5.92 Å². The van der Waals surface area contributed by atoms with Gasteiger partial charge in [-0.15, -0.1) is 0 Å². The van der Waals surface area contributed by atoms with Crippen LogP contribution in [0.3, 0.4) is 0 Å². The van der Waals surface area contributed by atoms with Crippen molar-refractivity contribution in [1.29, 1.82) is 0 Å². The zero-order valence-electron chi connectivity index (χ0n) is 12.8. The van der Waals surface area contributed by atoms with Crippen LogP contribution in [0.15, 0.2) is 24.7 Å². The lowest BCUT2D eigenvalue weighted by molar-refractivity contribution is -0.145. The fourth-order valence-corrected chi connectivity index (χ4v) is 3.34. The van der Waals surface area contributed by atoms with Gasteiger partial charge in [-0.2, -0.15) is 5.10 Å². The molecule has 23 heavy (non-hydrogen) atoms. The number of pyridine rings is 1. The minimum absolute atomic E-state index is 0.0944. The van der Waals surface area contributed by atoms with Crippen LogP contribution in [0.25, 0.3) is 21.9 Å². The van der Waals surface area contributed by atoms with Crippen molar-refractivity contribution in [3.05, 3.63) is 24.7 Å². The number of piperidine rings is 1. The summed E-state index contributed by atoms with van der Waals surface area (Å²) >= 11 is 0. The first-order chi connectivity index (χ1) is 11.3. The van der Waals surface area contributed by atoms with Crippen molar-refractivity contribution in [3.8, 4) is 0 Å². The first-order valence-corrected chi connectivity index (χ1v) is 7.67. The molecular weight excluding hydrogens is 294 g/mol. The lowest BCUT2D eigenvalue weighted by atomic mass is 9.97. The number of carbonyl (C=O) groups excluding carboxylic acids is 1. The summed E-state index contributed by atoms with van der Waals surface area (Å²) in [5.74, 6) is -0.237. The highest BCUT2D eigenvalue weighted by atomic mass is 16.5. The number of nitrogens with zero attached hydrogens (tertiary/aromatic N) is 4. The molecule has 1 aliphatic heterocycles. The van der Waals surface area contributed by atoms with E-state index in [2.05, 4.69) is 25.1 Å². The largest absolute Gasteiger partial charge is 0.469 e. The minimum atomic E-state index is -0.142. The predicted octanol–water partition coefficient (Wildman–Crippen LogP) is 1.90. The molecule has 1 saturated heterocycles. The molecule has 0 amide bonds. The molecule has 118 valence electrons. The first kappa shape index (κ1) is 13.9. The lowest BCUT2D eigenvalue weighted by Gasteiger charge is -2.33. The van der Waals surface area contributed by atoms with E-state index in [9.17, 15) is 4.79 Å². The lowest BCUT2D eigenvalue weighted by Crippen LogP contribution is -2.39. The number of rotatable bonds is 2. The smallest absolute Gasteiger partial charge is 0.310 e. The van der Waals surface area contributed by atoms with Gasteiger partial charge in [0.2, 0.25) is 0 Å². The Morgan fingerprint density at radius 1 is 1.39 bits per heavy atom. The molecule has 7 nitrogen and oxygen atoms in total. The van der Waals surface area contributed by atoms with E-state index in [4.69, 9.17) is 4.74 Å². The summed E-state index contributed by atoms with van der Waals surface area (Å²) in [5, 5.41) is 9.27. The summed E-state index contributed by atoms with van der Waals surface area (Å²) in [6.07, 6.45) is 7.14. The molecule has 1 N–H and O–H groups in total. The Balaban J connectivity index is 1.82. The summed E-state index contributed by atoms with van der Waals surface area (Å²) in [6, 6.07) is 1.96. The van der Waals surface area contributed by atoms with E-state index in [1.165, 1.54) is 7.11 Å². The quantitative estimate of drug-likeness (QED) is 0.728. The maximum Gasteiger partial charge on any atom is 0.310 e. The molecule has 0 spiro atoms. The number of H-pyrrole nitrogens is 1. The second kappa shape index (κ2) is 5.49. The number of carbonyl (C=O) groups is 1. The molecular formula is C16H17N5O2. The van der Waals surface area contributed by atoms with Gasteiger partial charge in [0.1, 0.15) is 0 Å². The minimum Gasteiger partial charge on any atom is -0.469 e. The molecule has 1 aliphatic rings. The Morgan fingerprint density at radius 3 is 3.17 bits per heavy atom. The molecule has 0 bridgehead atoms. The zero-order chi connectivity index (χ0) is 15.8. The van der Waals surface area contributed by atoms with Crippen molar-refractivity contribution < 1.29 is 9.53 Å². The average molecular weight is 311 g/mol. The van der Waals surface area contributed by atoms with Gasteiger partial charge in [0.05, 0.1) is 36.6 Å². The Morgan fingerprint density at radius 2 is 2.30 bits per heavy atom. The number of methoxy groups -OCH3 is 1. The summed E-state index contributed by atoms with van der Waals surface area (Å²) in [5.41, 5.74) is 2.59. The Bertz CT molecular complexity index is 875. The number of ether oxygens (including phenoxy) is 1. The van der Waals surface area contributed by atoms with Gasteiger partial charge in [0.25, 0.3) is 0 Å². The fourth-order valence-electron chi connectivity index (χ4n) is 3.34. The van der Waals surface area contributed by atoms with Crippen LogP contribution >= 0.6 is 0 Å². The molecule has 0 aliphatic carbocycles. The summed E-state index contributed by atoms with van der Waals surface area (Å²) < 4.78 is 4.91. The summed E-state index contributed by atoms with van der Waals surface area (Å²) in [6.45, 7) is 1.54. The monoisotopic (exact) mass is 311 g/mol. The first-order valence-electron chi connectivity index (χ1n) is 7.67. The highest BCUT2D eigenvalue weighted by Gasteiger charge is 2.28. The molecule has 4 heterocycles. The second-order valence-electron chi connectivity index (χ2n) is 5.79. The van der Waals surface area contributed by atoms with Crippen LogP contribution in [0.1, 0.15) is 12.8 Å². The number of hydrogen-bond acceptors (Lipinski definition) is 6. The van der Waals surface area contributed by atoms with Gasteiger partial charge in [0, 0.05) is 30.1 Å². The van der Waals surface area contributed by atoms with Crippen LogP contribution in [0.4, 0.5) is 5.69 Å². The molecule has 0 aromatic carbocycles. The van der Waals surface area contributed by atoms with Gasteiger partial charge in [-0.3, -0.25) is 9.89 Å². The Kier molecular flexibility index (Phi) is 3.33. The van der Waals surface area contributed by atoms with Crippen molar-refractivity contribution >= 4 is 33.6 Å². The van der Waals surface area contributed by atoms with Crippen LogP contribution in [0.2, 0.25) is 0 Å². The van der Waals surface area contributed by atoms with Crippen molar-refractivity contribution in [1.82, 2.24) is 20.2 Å². The SMILES string of the molecule is COC(=O)C1CCCN(c2cn[nH]c3cnc4nccc4c23)C1. The van der Waals surface area contributed by atoms with E-state index in [0.717, 1.165) is 47.0 Å². The van der Waals surface area contributed by atoms with Gasteiger partial charge in [-0.25, -0.2) is 9.97 Å². The van der Waals surface area contributed by atoms with E-state index in [1.807, 2.05) is 12.3 Å². The van der Waals surface area contributed by atoms with Gasteiger partial charge < -0.3 is 9.64 Å². The summed E-state index contributed by atoms with van der Waals surface area (Å²) in [7, 11) is 1.44. The highest BCUT2D eigenvalue weighted by Crippen LogP contribution is 2.32. The van der Waals surface area contributed by atoms with Crippen molar-refractivity contribution in [2.45, 2.75) is 12.8 Å². The number of esters is 1. The van der Waals surface area contributed by atoms with Crippen molar-refractivity contribution in [3.63, 3.8) is 0 Å². The number of hydrogen-bond donors (Lipinski definition) is 1. The number of nitrogens with one attached hydrogen (secondary N) is 1. The normalized spacial score (nSPS) is 18.5. The fraction of sp³-hybridized carbons (Fsp3) is 0.375. The topological polar surface area (TPSA) is 84.0 Å². The molecule has 7 heteroatoms. The third-order valence-corrected chi connectivity index (χ3v) is 4.46. The van der Waals surface area contributed by atoms with E-state index >= 15 is 0 Å². The van der Waals surface area contributed by atoms with E-state index in [-0.39, 0.29) is 11.9 Å². The second-order valence-corrected chi connectivity index (χ2v) is 5.79. The number of aromatic amines is 1. The molecule has 3 aromatic heterocycles. The number of anilines is 1. The van der Waals surface area contributed by atoms with E-state index in [1.54, 1.807) is 12.4 Å². The van der Waals surface area contributed by atoms with Crippen LogP contribution < -0.4 is 4.90 Å². The molecule has 4 rings (SSSR count).